The Bertz CT molecular complexity index is 2970. The van der Waals surface area contributed by atoms with Crippen molar-refractivity contribution in [3.05, 3.63) is 157 Å². The summed E-state index contributed by atoms with van der Waals surface area (Å²) in [6, 6.07) is 53.8. The first-order chi connectivity index (χ1) is 23.6. The second kappa shape index (κ2) is 9.25. The van der Waals surface area contributed by atoms with E-state index in [4.69, 9.17) is 0 Å². The smallest absolute Gasteiger partial charge is 0.0647 e. The summed E-state index contributed by atoms with van der Waals surface area (Å²) in [6.45, 7) is 4.86. The molecule has 48 heavy (non-hydrogen) atoms. The standard InChI is InChI=1S/C45H30N2S/c1-45(2)33-22-10-6-18-30(33)38-39-31-19-7-11-23-34(31)46(27-15-4-3-5-16-27)42(39)40-32-20-8-12-24-35(32)47(43(40)41(38)45)36-25-14-21-29-28-17-9-13-26-37(28)48-44(29)36/h3-26H,1-2H3. The molecule has 2 nitrogen and oxygen atoms in total. The van der Waals surface area contributed by atoms with E-state index in [9.17, 15) is 0 Å². The zero-order valence-electron chi connectivity index (χ0n) is 26.7. The Balaban J connectivity index is 1.47. The first-order valence-corrected chi connectivity index (χ1v) is 17.5. The van der Waals surface area contributed by atoms with Crippen LogP contribution in [0.4, 0.5) is 0 Å². The third-order valence-corrected chi connectivity index (χ3v) is 12.1. The Morgan fingerprint density at radius 1 is 0.500 bits per heavy atom. The fourth-order valence-corrected chi connectivity index (χ4v) is 10.2. The summed E-state index contributed by atoms with van der Waals surface area (Å²) in [6.07, 6.45) is 0. The molecule has 3 heterocycles. The number of benzene rings is 7. The second-order valence-corrected chi connectivity index (χ2v) is 14.7. The van der Waals surface area contributed by atoms with Gasteiger partial charge in [-0.2, -0.15) is 0 Å². The largest absolute Gasteiger partial charge is 0.309 e. The third kappa shape index (κ3) is 3.17. The molecule has 0 fully saturated rings. The fraction of sp³-hybridized carbons (Fsp3) is 0.0667. The van der Waals surface area contributed by atoms with E-state index < -0.39 is 0 Å². The molecule has 0 N–H and O–H groups in total. The van der Waals surface area contributed by atoms with Gasteiger partial charge in [0.05, 0.1) is 32.5 Å². The van der Waals surface area contributed by atoms with E-state index in [2.05, 4.69) is 169 Å². The lowest BCUT2D eigenvalue weighted by atomic mass is 9.81. The minimum absolute atomic E-state index is 0.214. The molecule has 7 aromatic carbocycles. The number of para-hydroxylation sites is 3. The number of hydrogen-bond acceptors (Lipinski definition) is 1. The van der Waals surface area contributed by atoms with Crippen molar-refractivity contribution in [2.75, 3.05) is 0 Å². The Morgan fingerprint density at radius 2 is 1.12 bits per heavy atom. The van der Waals surface area contributed by atoms with Crippen LogP contribution < -0.4 is 0 Å². The van der Waals surface area contributed by atoms with Crippen LogP contribution in [-0.2, 0) is 5.41 Å². The van der Waals surface area contributed by atoms with E-state index in [1.165, 1.54) is 97.4 Å². The summed E-state index contributed by atoms with van der Waals surface area (Å²) in [4.78, 5) is 0. The molecule has 0 radical (unpaired) electrons. The Kier molecular flexibility index (Phi) is 5.09. The molecule has 0 spiro atoms. The maximum absolute atomic E-state index is 2.61. The summed E-state index contributed by atoms with van der Waals surface area (Å²) < 4.78 is 7.79. The SMILES string of the molecule is CC1(C)c2ccccc2-c2c1c1c(c3ccccc3n1-c1cccc3c1sc1ccccc13)c1c2c2ccccc2n1-c1ccccc1. The van der Waals surface area contributed by atoms with Crippen molar-refractivity contribution < 1.29 is 0 Å². The van der Waals surface area contributed by atoms with Crippen molar-refractivity contribution in [1.82, 2.24) is 9.13 Å². The van der Waals surface area contributed by atoms with Crippen LogP contribution in [-0.4, -0.2) is 9.13 Å². The highest BCUT2D eigenvalue weighted by Gasteiger charge is 2.41. The van der Waals surface area contributed by atoms with Crippen LogP contribution >= 0.6 is 11.3 Å². The predicted octanol–water partition coefficient (Wildman–Crippen LogP) is 12.6. The molecule has 0 unspecified atom stereocenters. The molecule has 0 amide bonds. The first-order valence-electron chi connectivity index (χ1n) is 16.7. The molecular weight excluding hydrogens is 601 g/mol. The van der Waals surface area contributed by atoms with Crippen molar-refractivity contribution in [1.29, 1.82) is 0 Å². The molecule has 1 aliphatic rings. The van der Waals surface area contributed by atoms with Crippen molar-refractivity contribution >= 4 is 75.1 Å². The van der Waals surface area contributed by atoms with Gasteiger partial charge in [0.2, 0.25) is 0 Å². The Labute approximate surface area is 281 Å². The van der Waals surface area contributed by atoms with Crippen LogP contribution in [0, 0.1) is 0 Å². The van der Waals surface area contributed by atoms with E-state index in [0.717, 1.165) is 0 Å². The molecule has 3 heteroatoms. The molecule has 0 bridgehead atoms. The van der Waals surface area contributed by atoms with Gasteiger partial charge in [-0.1, -0.05) is 123 Å². The molecule has 0 aliphatic heterocycles. The predicted molar refractivity (Wildman–Crippen MR) is 206 cm³/mol. The number of aromatic nitrogens is 2. The van der Waals surface area contributed by atoms with Crippen LogP contribution in [0.5, 0.6) is 0 Å². The average molecular weight is 631 g/mol. The van der Waals surface area contributed by atoms with Gasteiger partial charge in [-0.3, -0.25) is 0 Å². The van der Waals surface area contributed by atoms with Gasteiger partial charge in [0.15, 0.2) is 0 Å². The molecule has 10 aromatic rings. The number of hydrogen-bond donors (Lipinski definition) is 0. The minimum atomic E-state index is -0.214. The van der Waals surface area contributed by atoms with Gasteiger partial charge in [-0.25, -0.2) is 0 Å². The first kappa shape index (κ1) is 26.4. The molecule has 0 saturated heterocycles. The van der Waals surface area contributed by atoms with E-state index in [1.54, 1.807) is 0 Å². The van der Waals surface area contributed by atoms with Gasteiger partial charge < -0.3 is 9.13 Å². The van der Waals surface area contributed by atoms with Crippen LogP contribution in [0.1, 0.15) is 25.0 Å². The van der Waals surface area contributed by atoms with E-state index in [-0.39, 0.29) is 5.41 Å². The Hall–Kier alpha value is -5.64. The van der Waals surface area contributed by atoms with Gasteiger partial charge in [-0.05, 0) is 58.7 Å². The van der Waals surface area contributed by atoms with E-state index in [0.29, 0.717) is 0 Å². The minimum Gasteiger partial charge on any atom is -0.309 e. The molecule has 11 rings (SSSR count). The van der Waals surface area contributed by atoms with Crippen molar-refractivity contribution in [2.45, 2.75) is 19.3 Å². The lowest BCUT2D eigenvalue weighted by Crippen LogP contribution is -2.16. The lowest BCUT2D eigenvalue weighted by molar-refractivity contribution is 0.664. The highest BCUT2D eigenvalue weighted by Crippen LogP contribution is 2.58. The van der Waals surface area contributed by atoms with Gasteiger partial charge in [0.25, 0.3) is 0 Å². The summed E-state index contributed by atoms with van der Waals surface area (Å²) in [7, 11) is 0. The topological polar surface area (TPSA) is 9.86 Å². The van der Waals surface area contributed by atoms with Crippen LogP contribution in [0.3, 0.4) is 0 Å². The summed E-state index contributed by atoms with van der Waals surface area (Å²) in [5.41, 5.74) is 12.8. The zero-order valence-corrected chi connectivity index (χ0v) is 27.5. The van der Waals surface area contributed by atoms with Crippen LogP contribution in [0.2, 0.25) is 0 Å². The molecule has 1 aliphatic carbocycles. The fourth-order valence-electron chi connectivity index (χ4n) is 8.95. The van der Waals surface area contributed by atoms with Crippen molar-refractivity contribution in [2.24, 2.45) is 0 Å². The van der Waals surface area contributed by atoms with Gasteiger partial charge in [0.1, 0.15) is 0 Å². The van der Waals surface area contributed by atoms with Crippen LogP contribution in [0.15, 0.2) is 146 Å². The summed E-state index contributed by atoms with van der Waals surface area (Å²) >= 11 is 1.91. The maximum atomic E-state index is 2.61. The number of thiophene rings is 1. The summed E-state index contributed by atoms with van der Waals surface area (Å²) in [5.74, 6) is 0. The Morgan fingerprint density at radius 3 is 1.94 bits per heavy atom. The number of rotatable bonds is 2. The molecule has 226 valence electrons. The third-order valence-electron chi connectivity index (χ3n) is 10.9. The van der Waals surface area contributed by atoms with Gasteiger partial charge in [0, 0.05) is 48.1 Å². The normalized spacial score (nSPS) is 13.8. The quantitative estimate of drug-likeness (QED) is 0.180. The van der Waals surface area contributed by atoms with Gasteiger partial charge in [-0.15, -0.1) is 11.3 Å². The molecule has 0 saturated carbocycles. The van der Waals surface area contributed by atoms with Gasteiger partial charge >= 0.3 is 0 Å². The lowest BCUT2D eigenvalue weighted by Gasteiger charge is -2.24. The van der Waals surface area contributed by atoms with Crippen molar-refractivity contribution in [3.63, 3.8) is 0 Å². The highest BCUT2D eigenvalue weighted by molar-refractivity contribution is 7.26. The number of fused-ring (bicyclic) bond motifs is 15. The number of nitrogens with zero attached hydrogens (tertiary/aromatic N) is 2. The molecular formula is C45H30N2S. The molecule has 0 atom stereocenters. The average Bonchev–Trinajstić information content (AvgIpc) is 3.84. The highest BCUT2D eigenvalue weighted by atomic mass is 32.1. The second-order valence-electron chi connectivity index (χ2n) is 13.7. The van der Waals surface area contributed by atoms with Crippen LogP contribution in [0.25, 0.3) is 86.3 Å². The van der Waals surface area contributed by atoms with E-state index >= 15 is 0 Å². The summed E-state index contributed by atoms with van der Waals surface area (Å²) in [5, 5.41) is 7.88. The molecule has 3 aromatic heterocycles. The van der Waals surface area contributed by atoms with E-state index in [1.807, 2.05) is 11.3 Å². The maximum Gasteiger partial charge on any atom is 0.0647 e. The monoisotopic (exact) mass is 630 g/mol. The zero-order chi connectivity index (χ0) is 31.7. The van der Waals surface area contributed by atoms with Crippen molar-refractivity contribution in [3.8, 4) is 22.5 Å².